The zero-order chi connectivity index (χ0) is 52.1. The molecule has 1 aliphatic rings. The van der Waals surface area contributed by atoms with Crippen molar-refractivity contribution in [3.05, 3.63) is 36.5 Å². The minimum absolute atomic E-state index is 0.242. The van der Waals surface area contributed by atoms with Gasteiger partial charge in [-0.1, -0.05) is 249 Å². The third-order valence-electron chi connectivity index (χ3n) is 13.8. The standard InChI is InChI=1S/C57H107NO12S/c1-3-5-7-9-10-11-12-13-14-15-16-17-18-19-20-21-22-23-24-25-26-27-28-29-30-31-32-33-34-35-36-37-38-39-40-41-42-44-46-51(61)56(64)58-49(50(60)45-43-8-6-4-2)48-68-57-54(63)55(70-71(65,66)67)53(62)52(47-59)69-57/h22-23,25-26,43,45,49-55,57,59-63H,3-21,24,27-42,44,46-48H2,1-2H3,(H,58,64)(H,65,66,67)/b23-22-,26-25-,45-43+. The monoisotopic (exact) mass is 1030 g/mol. The van der Waals surface area contributed by atoms with Crippen molar-refractivity contribution >= 4 is 16.3 Å². The molecule has 1 rings (SSSR count). The highest BCUT2D eigenvalue weighted by molar-refractivity contribution is 7.80. The van der Waals surface area contributed by atoms with Gasteiger partial charge in [0.25, 0.3) is 0 Å². The van der Waals surface area contributed by atoms with Crippen LogP contribution in [0, 0.1) is 0 Å². The zero-order valence-electron chi connectivity index (χ0n) is 44.9. The molecule has 0 aliphatic carbocycles. The predicted octanol–water partition coefficient (Wildman–Crippen LogP) is 12.4. The van der Waals surface area contributed by atoms with E-state index in [0.717, 1.165) is 38.5 Å². The molecule has 1 saturated heterocycles. The summed E-state index contributed by atoms with van der Waals surface area (Å²) in [5.41, 5.74) is 0. The third kappa shape index (κ3) is 38.5. The number of allylic oxidation sites excluding steroid dienone is 5. The molecule has 8 atom stereocenters. The fourth-order valence-electron chi connectivity index (χ4n) is 9.19. The van der Waals surface area contributed by atoms with E-state index in [1.54, 1.807) is 6.08 Å². The second-order valence-electron chi connectivity index (χ2n) is 20.4. The first-order valence-electron chi connectivity index (χ1n) is 29.0. The molecule has 0 aromatic rings. The van der Waals surface area contributed by atoms with Crippen LogP contribution < -0.4 is 5.32 Å². The van der Waals surface area contributed by atoms with E-state index in [0.29, 0.717) is 12.8 Å². The first kappa shape index (κ1) is 67.3. The number of carbonyl (C=O) groups excluding carboxylic acids is 1. The Labute approximate surface area is 433 Å². The van der Waals surface area contributed by atoms with Crippen molar-refractivity contribution in [1.29, 1.82) is 0 Å². The third-order valence-corrected chi connectivity index (χ3v) is 14.2. The van der Waals surface area contributed by atoms with E-state index in [2.05, 4.69) is 40.7 Å². The number of carbonyl (C=O) groups is 1. The van der Waals surface area contributed by atoms with Gasteiger partial charge in [0.15, 0.2) is 6.29 Å². The summed E-state index contributed by atoms with van der Waals surface area (Å²) in [5, 5.41) is 54.7. The first-order valence-corrected chi connectivity index (χ1v) is 30.3. The zero-order valence-corrected chi connectivity index (χ0v) is 45.7. The predicted molar refractivity (Wildman–Crippen MR) is 288 cm³/mol. The number of hydrogen-bond donors (Lipinski definition) is 7. The van der Waals surface area contributed by atoms with Gasteiger partial charge in [-0.15, -0.1) is 0 Å². The average Bonchev–Trinajstić information content (AvgIpc) is 3.35. The lowest BCUT2D eigenvalue weighted by Gasteiger charge is -2.41. The molecule has 13 nitrogen and oxygen atoms in total. The Kier molecular flexibility index (Phi) is 44.3. The van der Waals surface area contributed by atoms with Gasteiger partial charge in [0.2, 0.25) is 5.91 Å². The quantitative estimate of drug-likeness (QED) is 0.0172. The fourth-order valence-corrected chi connectivity index (χ4v) is 9.69. The SMILES string of the molecule is CCCC/C=C/C(O)C(COC1OC(CO)C(O)C(OS(=O)(=O)O)C1O)NC(=O)C(O)CCCCCCCCCCCCCCCCCC/C=C\C/C=C\CCCCCCCCCCCCCCCCC. The molecule has 71 heavy (non-hydrogen) atoms. The highest BCUT2D eigenvalue weighted by atomic mass is 32.3. The van der Waals surface area contributed by atoms with Gasteiger partial charge >= 0.3 is 10.4 Å². The van der Waals surface area contributed by atoms with Crippen molar-refractivity contribution in [2.75, 3.05) is 13.2 Å². The summed E-state index contributed by atoms with van der Waals surface area (Å²) in [6.45, 7) is 3.05. The summed E-state index contributed by atoms with van der Waals surface area (Å²) in [6.07, 6.45) is 48.2. The van der Waals surface area contributed by atoms with Crippen molar-refractivity contribution in [3.63, 3.8) is 0 Å². The van der Waals surface area contributed by atoms with E-state index >= 15 is 0 Å². The van der Waals surface area contributed by atoms with E-state index in [1.165, 1.54) is 192 Å². The van der Waals surface area contributed by atoms with Gasteiger partial charge in [0, 0.05) is 0 Å². The molecule has 1 heterocycles. The Bertz CT molecular complexity index is 1410. The van der Waals surface area contributed by atoms with Crippen molar-refractivity contribution in [2.45, 2.75) is 307 Å². The smallest absolute Gasteiger partial charge is 0.394 e. The van der Waals surface area contributed by atoms with Gasteiger partial charge < -0.3 is 40.3 Å². The molecule has 8 unspecified atom stereocenters. The van der Waals surface area contributed by atoms with Gasteiger partial charge in [-0.05, 0) is 44.9 Å². The van der Waals surface area contributed by atoms with E-state index in [9.17, 15) is 38.7 Å². The Morgan fingerprint density at radius 3 is 1.41 bits per heavy atom. The van der Waals surface area contributed by atoms with Crippen LogP contribution in [0.4, 0.5) is 0 Å². The van der Waals surface area contributed by atoms with Crippen LogP contribution in [0.5, 0.6) is 0 Å². The van der Waals surface area contributed by atoms with Crippen molar-refractivity contribution in [1.82, 2.24) is 5.32 Å². The van der Waals surface area contributed by atoms with Gasteiger partial charge in [-0.2, -0.15) is 8.42 Å². The maximum Gasteiger partial charge on any atom is 0.397 e. The largest absolute Gasteiger partial charge is 0.397 e. The molecule has 0 bridgehead atoms. The summed E-state index contributed by atoms with van der Waals surface area (Å²) in [6, 6.07) is -1.12. The summed E-state index contributed by atoms with van der Waals surface area (Å²) in [4.78, 5) is 13.0. The molecule has 0 radical (unpaired) electrons. The molecule has 0 aromatic carbocycles. The number of hydrogen-bond acceptors (Lipinski definition) is 11. The van der Waals surface area contributed by atoms with Crippen LogP contribution in [-0.4, -0.2) is 107 Å². The molecule has 0 saturated carbocycles. The summed E-state index contributed by atoms with van der Waals surface area (Å²) < 4.78 is 47.2. The van der Waals surface area contributed by atoms with Crippen LogP contribution in [0.25, 0.3) is 0 Å². The van der Waals surface area contributed by atoms with Gasteiger partial charge in [0.05, 0.1) is 25.4 Å². The van der Waals surface area contributed by atoms with Crippen LogP contribution in [-0.2, 0) is 28.9 Å². The topological polar surface area (TPSA) is 212 Å². The first-order chi connectivity index (χ1) is 34.4. The number of aliphatic hydroxyl groups excluding tert-OH is 5. The van der Waals surface area contributed by atoms with Gasteiger partial charge in [-0.25, -0.2) is 4.18 Å². The molecule has 1 aliphatic heterocycles. The van der Waals surface area contributed by atoms with E-state index in [-0.39, 0.29) is 6.42 Å². The molecule has 7 N–H and O–H groups in total. The van der Waals surface area contributed by atoms with Gasteiger partial charge in [-0.3, -0.25) is 9.35 Å². The molecular weight excluding hydrogens is 923 g/mol. The Morgan fingerprint density at radius 2 is 0.986 bits per heavy atom. The Balaban J connectivity index is 2.05. The lowest BCUT2D eigenvalue weighted by Crippen LogP contribution is -2.61. The number of aliphatic hydroxyl groups is 5. The molecule has 1 amide bonds. The van der Waals surface area contributed by atoms with Crippen LogP contribution >= 0.6 is 0 Å². The Morgan fingerprint density at radius 1 is 0.577 bits per heavy atom. The van der Waals surface area contributed by atoms with Gasteiger partial charge in [0.1, 0.15) is 30.5 Å². The van der Waals surface area contributed by atoms with Crippen LogP contribution in [0.3, 0.4) is 0 Å². The molecule has 14 heteroatoms. The van der Waals surface area contributed by atoms with Crippen molar-refractivity contribution in [2.24, 2.45) is 0 Å². The highest BCUT2D eigenvalue weighted by Crippen LogP contribution is 2.26. The highest BCUT2D eigenvalue weighted by Gasteiger charge is 2.48. The second kappa shape index (κ2) is 46.8. The van der Waals surface area contributed by atoms with E-state index in [1.807, 2.05) is 6.92 Å². The minimum Gasteiger partial charge on any atom is -0.394 e. The maximum atomic E-state index is 13.0. The normalized spacial score (nSPS) is 20.1. The lowest BCUT2D eigenvalue weighted by molar-refractivity contribution is -0.298. The Hall–Kier alpha value is -1.72. The number of nitrogens with one attached hydrogen (secondary N) is 1. The molecule has 1 fully saturated rings. The van der Waals surface area contributed by atoms with Crippen LogP contribution in [0.15, 0.2) is 36.5 Å². The average molecular weight is 1030 g/mol. The number of ether oxygens (including phenoxy) is 2. The lowest BCUT2D eigenvalue weighted by atomic mass is 9.99. The van der Waals surface area contributed by atoms with Crippen molar-refractivity contribution in [3.8, 4) is 0 Å². The fraction of sp³-hybridized carbons (Fsp3) is 0.877. The second-order valence-corrected chi connectivity index (χ2v) is 21.4. The molecule has 0 spiro atoms. The number of unbranched alkanes of at least 4 members (excludes halogenated alkanes) is 33. The number of amides is 1. The van der Waals surface area contributed by atoms with E-state index in [4.69, 9.17) is 14.0 Å². The molecular formula is C57H107NO12S. The maximum absolute atomic E-state index is 13.0. The van der Waals surface area contributed by atoms with Crippen LogP contribution in [0.2, 0.25) is 0 Å². The molecule has 0 aromatic heterocycles. The van der Waals surface area contributed by atoms with Crippen molar-refractivity contribution < 1.29 is 57.0 Å². The molecule has 418 valence electrons. The minimum atomic E-state index is -5.11. The number of rotatable bonds is 50. The summed E-state index contributed by atoms with van der Waals surface area (Å²) >= 11 is 0. The van der Waals surface area contributed by atoms with E-state index < -0.39 is 78.5 Å². The van der Waals surface area contributed by atoms with Crippen LogP contribution in [0.1, 0.15) is 258 Å². The summed E-state index contributed by atoms with van der Waals surface area (Å²) in [5.74, 6) is -0.710. The summed E-state index contributed by atoms with van der Waals surface area (Å²) in [7, 11) is -5.11.